The molecular weight excluding hydrogens is 172 g/mol. The van der Waals surface area contributed by atoms with Crippen molar-refractivity contribution < 1.29 is 0 Å². The fourth-order valence-corrected chi connectivity index (χ4v) is 2.59. The van der Waals surface area contributed by atoms with Crippen molar-refractivity contribution in [1.29, 1.82) is 0 Å². The molecule has 0 radical (unpaired) electrons. The third kappa shape index (κ3) is 7.83. The van der Waals surface area contributed by atoms with Crippen LogP contribution in [0, 0.1) is 0 Å². The molecule has 0 atom stereocenters. The molecule has 0 unspecified atom stereocenters. The second-order valence-corrected chi connectivity index (χ2v) is 9.56. The van der Waals surface area contributed by atoms with E-state index in [1.54, 1.807) is 0 Å². The highest BCUT2D eigenvalue weighted by atomic mass is 28.3. The summed E-state index contributed by atoms with van der Waals surface area (Å²) in [5.74, 6) is 0. The van der Waals surface area contributed by atoms with Crippen LogP contribution in [0.3, 0.4) is 0 Å². The van der Waals surface area contributed by atoms with Crippen molar-refractivity contribution in [2.24, 2.45) is 0 Å². The third-order valence-corrected chi connectivity index (χ3v) is 2.96. The highest BCUT2D eigenvalue weighted by Gasteiger charge is 2.09. The number of unbranched alkanes of at least 4 members (excludes halogenated alkanes) is 1. The highest BCUT2D eigenvalue weighted by molar-refractivity contribution is 6.81. The Hall–Kier alpha value is -0.523. The van der Waals surface area contributed by atoms with Gasteiger partial charge in [-0.2, -0.15) is 0 Å². The average molecular weight is 194 g/mol. The lowest BCUT2D eigenvalue weighted by Crippen LogP contribution is -2.16. The van der Waals surface area contributed by atoms with E-state index in [4.69, 9.17) is 0 Å². The Kier molecular flexibility index (Phi) is 5.77. The van der Waals surface area contributed by atoms with Crippen LogP contribution in [0.25, 0.3) is 0 Å². The lowest BCUT2D eigenvalue weighted by molar-refractivity contribution is 0.798. The van der Waals surface area contributed by atoms with Crippen molar-refractivity contribution in [2.75, 3.05) is 0 Å². The molecule has 0 nitrogen and oxygen atoms in total. The van der Waals surface area contributed by atoms with E-state index in [0.29, 0.717) is 0 Å². The normalized spacial score (nSPS) is 12.5. The smallest absolute Gasteiger partial charge is 0.0690 e. The Morgan fingerprint density at radius 3 is 2.38 bits per heavy atom. The fraction of sp³-hybridized carbons (Fsp3) is 0.583. The van der Waals surface area contributed by atoms with Crippen LogP contribution in [0.4, 0.5) is 0 Å². The summed E-state index contributed by atoms with van der Waals surface area (Å²) >= 11 is 0. The molecular formula is C12H22Si. The first-order chi connectivity index (χ1) is 5.99. The minimum atomic E-state index is -1.07. The summed E-state index contributed by atoms with van der Waals surface area (Å²) in [4.78, 5) is 0. The molecule has 74 valence electrons. The van der Waals surface area contributed by atoms with Crippen molar-refractivity contribution in [3.8, 4) is 0 Å². The molecule has 0 aromatic carbocycles. The van der Waals surface area contributed by atoms with Crippen LogP contribution >= 0.6 is 0 Å². The van der Waals surface area contributed by atoms with E-state index in [-0.39, 0.29) is 0 Å². The number of rotatable bonds is 5. The summed E-state index contributed by atoms with van der Waals surface area (Å²) in [5.41, 5.74) is 6.75. The zero-order valence-electron chi connectivity index (χ0n) is 9.48. The van der Waals surface area contributed by atoms with Crippen LogP contribution in [-0.2, 0) is 0 Å². The molecule has 0 aromatic heterocycles. The Bertz CT molecular complexity index is 212. The SMILES string of the molecule is C=C=C/C(=C\[Si](C)(C)C)CCCC. The van der Waals surface area contributed by atoms with Gasteiger partial charge in [0.25, 0.3) is 0 Å². The molecule has 0 amide bonds. The summed E-state index contributed by atoms with van der Waals surface area (Å²) in [6, 6.07) is 0. The standard InChI is InChI=1S/C12H22Si/c1-6-8-10-12(9-7-2)11-13(3,4)5/h9,11H,2,6,8,10H2,1,3-5H3/b12-11+. The third-order valence-electron chi connectivity index (χ3n) is 1.72. The maximum Gasteiger partial charge on any atom is 0.0690 e. The largest absolute Gasteiger partial charge is 0.128 e. The van der Waals surface area contributed by atoms with Crippen LogP contribution in [-0.4, -0.2) is 8.07 Å². The molecule has 0 aliphatic rings. The first-order valence-corrected chi connectivity index (χ1v) is 8.65. The average Bonchev–Trinajstić information content (AvgIpc) is 1.98. The van der Waals surface area contributed by atoms with Gasteiger partial charge in [0.1, 0.15) is 0 Å². The van der Waals surface area contributed by atoms with Crippen LogP contribution in [0.15, 0.2) is 29.7 Å². The topological polar surface area (TPSA) is 0 Å². The van der Waals surface area contributed by atoms with Gasteiger partial charge in [-0.1, -0.05) is 45.3 Å². The number of hydrogen-bond acceptors (Lipinski definition) is 0. The fourth-order valence-electron chi connectivity index (χ4n) is 1.25. The molecule has 0 bridgehead atoms. The first kappa shape index (κ1) is 12.5. The molecule has 0 rings (SSSR count). The lowest BCUT2D eigenvalue weighted by Gasteiger charge is -2.11. The zero-order valence-corrected chi connectivity index (χ0v) is 10.5. The van der Waals surface area contributed by atoms with Gasteiger partial charge in [0.05, 0.1) is 8.07 Å². The van der Waals surface area contributed by atoms with Crippen molar-refractivity contribution in [2.45, 2.75) is 45.8 Å². The van der Waals surface area contributed by atoms with Crippen LogP contribution < -0.4 is 0 Å². The van der Waals surface area contributed by atoms with E-state index in [9.17, 15) is 0 Å². The van der Waals surface area contributed by atoms with Gasteiger partial charge in [-0.15, -0.1) is 5.73 Å². The summed E-state index contributed by atoms with van der Waals surface area (Å²) in [6.07, 6.45) is 5.75. The molecule has 1 heteroatoms. The maximum absolute atomic E-state index is 3.63. The first-order valence-electron chi connectivity index (χ1n) is 5.07. The van der Waals surface area contributed by atoms with E-state index in [1.165, 1.54) is 24.8 Å². The van der Waals surface area contributed by atoms with Crippen LogP contribution in [0.5, 0.6) is 0 Å². The molecule has 13 heavy (non-hydrogen) atoms. The second-order valence-electron chi connectivity index (χ2n) is 4.54. The van der Waals surface area contributed by atoms with Crippen molar-refractivity contribution in [3.05, 3.63) is 29.7 Å². The van der Waals surface area contributed by atoms with Gasteiger partial charge >= 0.3 is 0 Å². The zero-order chi connectivity index (χ0) is 10.3. The van der Waals surface area contributed by atoms with Crippen LogP contribution in [0.1, 0.15) is 26.2 Å². The Labute approximate surface area is 84.1 Å². The Balaban J connectivity index is 4.41. The van der Waals surface area contributed by atoms with Crippen molar-refractivity contribution in [3.63, 3.8) is 0 Å². The molecule has 0 aromatic rings. The van der Waals surface area contributed by atoms with Crippen molar-refractivity contribution in [1.82, 2.24) is 0 Å². The molecule has 0 aliphatic heterocycles. The highest BCUT2D eigenvalue weighted by Crippen LogP contribution is 2.13. The minimum absolute atomic E-state index is 1.07. The molecule has 0 aliphatic carbocycles. The number of hydrogen-bond donors (Lipinski definition) is 0. The quantitative estimate of drug-likeness (QED) is 0.347. The Morgan fingerprint density at radius 1 is 1.38 bits per heavy atom. The van der Waals surface area contributed by atoms with Crippen LogP contribution in [0.2, 0.25) is 19.6 Å². The van der Waals surface area contributed by atoms with Gasteiger partial charge in [-0.3, -0.25) is 0 Å². The molecule has 0 fully saturated rings. The summed E-state index contributed by atoms with van der Waals surface area (Å²) < 4.78 is 0. The second kappa shape index (κ2) is 6.01. The van der Waals surface area contributed by atoms with Gasteiger partial charge < -0.3 is 0 Å². The summed E-state index contributed by atoms with van der Waals surface area (Å²) in [5, 5.41) is 0. The van der Waals surface area contributed by atoms with Gasteiger partial charge in [0.15, 0.2) is 0 Å². The molecule has 0 spiro atoms. The van der Waals surface area contributed by atoms with E-state index < -0.39 is 8.07 Å². The van der Waals surface area contributed by atoms with Gasteiger partial charge in [-0.25, -0.2) is 0 Å². The minimum Gasteiger partial charge on any atom is -0.128 e. The van der Waals surface area contributed by atoms with Gasteiger partial charge in [-0.05, 0) is 24.5 Å². The number of allylic oxidation sites excluding steroid dienone is 2. The molecule has 0 heterocycles. The van der Waals surface area contributed by atoms with Gasteiger partial charge in [0, 0.05) is 0 Å². The predicted octanol–water partition coefficient (Wildman–Crippen LogP) is 4.32. The summed E-state index contributed by atoms with van der Waals surface area (Å²) in [6.45, 7) is 12.9. The van der Waals surface area contributed by atoms with Crippen molar-refractivity contribution >= 4 is 8.07 Å². The predicted molar refractivity (Wildman–Crippen MR) is 64.7 cm³/mol. The molecule has 0 saturated heterocycles. The Morgan fingerprint density at radius 2 is 2.00 bits per heavy atom. The van der Waals surface area contributed by atoms with E-state index in [0.717, 1.165) is 0 Å². The van der Waals surface area contributed by atoms with E-state index >= 15 is 0 Å². The monoisotopic (exact) mass is 194 g/mol. The molecule has 0 N–H and O–H groups in total. The van der Waals surface area contributed by atoms with E-state index in [2.05, 4.69) is 44.6 Å². The van der Waals surface area contributed by atoms with Gasteiger partial charge in [0.2, 0.25) is 0 Å². The summed E-state index contributed by atoms with van der Waals surface area (Å²) in [7, 11) is -1.07. The lowest BCUT2D eigenvalue weighted by atomic mass is 10.1. The van der Waals surface area contributed by atoms with E-state index in [1.807, 2.05) is 6.08 Å². The maximum atomic E-state index is 3.63. The molecule has 0 saturated carbocycles.